The fourth-order valence-corrected chi connectivity index (χ4v) is 9.98. The third-order valence-electron chi connectivity index (χ3n) is 11.3. The quantitative estimate of drug-likeness (QED) is 0.491. The van der Waals surface area contributed by atoms with Crippen LogP contribution in [0.3, 0.4) is 0 Å². The molecule has 0 saturated heterocycles. The topological polar surface area (TPSA) is 36.0 Å². The number of rotatable bonds is 5. The molecule has 0 bridgehead atoms. The Balaban J connectivity index is 1.29. The Labute approximate surface area is 194 Å². The van der Waals surface area contributed by atoms with Crippen LogP contribution in [0, 0.1) is 45.3 Å². The van der Waals surface area contributed by atoms with E-state index in [1.807, 2.05) is 6.20 Å². The van der Waals surface area contributed by atoms with E-state index in [2.05, 4.69) is 62.8 Å². The number of hydrogen-bond donors (Lipinski definition) is 2. The number of aliphatic hydroxyl groups excluding tert-OH is 1. The molecule has 2 nitrogen and oxygen atoms in total. The van der Waals surface area contributed by atoms with E-state index in [1.165, 1.54) is 49.7 Å². The number of allylic oxidation sites excluding steroid dienone is 5. The predicted molar refractivity (Wildman–Crippen MR) is 131 cm³/mol. The summed E-state index contributed by atoms with van der Waals surface area (Å²) in [6, 6.07) is 2.16. The number of aromatic amines is 1. The summed E-state index contributed by atoms with van der Waals surface area (Å²) in [7, 11) is 0. The van der Waals surface area contributed by atoms with Gasteiger partial charge in [-0.2, -0.15) is 0 Å². The summed E-state index contributed by atoms with van der Waals surface area (Å²) in [5, 5.41) is 10.1. The Bertz CT molecular complexity index is 982. The third kappa shape index (κ3) is 2.46. The highest BCUT2D eigenvalue weighted by Crippen LogP contribution is 2.87. The Morgan fingerprint density at radius 1 is 1.22 bits per heavy atom. The fraction of sp³-hybridized carbons (Fsp3) is 0.667. The van der Waals surface area contributed by atoms with Gasteiger partial charge in [0.1, 0.15) is 0 Å². The van der Waals surface area contributed by atoms with Crippen LogP contribution in [0.4, 0.5) is 0 Å². The molecule has 6 rings (SSSR count). The van der Waals surface area contributed by atoms with E-state index in [9.17, 15) is 5.11 Å². The van der Waals surface area contributed by atoms with E-state index in [-0.39, 0.29) is 5.41 Å². The highest BCUT2D eigenvalue weighted by atomic mass is 16.3. The summed E-state index contributed by atoms with van der Waals surface area (Å²) in [5.74, 6) is 2.53. The number of aromatic nitrogens is 1. The second kappa shape index (κ2) is 6.75. The van der Waals surface area contributed by atoms with Gasteiger partial charge in [0.15, 0.2) is 0 Å². The standard InChI is InChI=1S/C30H41NO/c1-20-14-25-28(4)24(6-5-10-30(28)26(20)27(30,2)3)8-12-29(25)11-7-21(17-29)15-23(19-32)16-22-9-13-31-18-22/h5,9-10,13-14,18,21,23-24,26,31-32H,1,6-8,11-12,15-17,19H2,2-4H3/t21-,23+,24+,26+,28-,29-,30+/m1/s1. The fourth-order valence-electron chi connectivity index (χ4n) is 9.98. The molecule has 172 valence electrons. The molecular formula is C30H41NO. The predicted octanol–water partition coefficient (Wildman–Crippen LogP) is 6.86. The lowest BCUT2D eigenvalue weighted by molar-refractivity contribution is 0.0207. The number of hydrogen-bond acceptors (Lipinski definition) is 1. The summed E-state index contributed by atoms with van der Waals surface area (Å²) >= 11 is 0. The highest BCUT2D eigenvalue weighted by Gasteiger charge is 2.81. The van der Waals surface area contributed by atoms with Gasteiger partial charge in [-0.05, 0) is 97.5 Å². The van der Waals surface area contributed by atoms with Crippen LogP contribution in [0.15, 0.2) is 54.4 Å². The summed E-state index contributed by atoms with van der Waals surface area (Å²) in [6.45, 7) is 12.6. The monoisotopic (exact) mass is 431 g/mol. The number of H-pyrrole nitrogens is 1. The Morgan fingerprint density at radius 2 is 2.03 bits per heavy atom. The molecule has 2 spiro atoms. The molecule has 32 heavy (non-hydrogen) atoms. The van der Waals surface area contributed by atoms with Gasteiger partial charge in [0, 0.05) is 29.8 Å². The first kappa shape index (κ1) is 21.0. The van der Waals surface area contributed by atoms with Gasteiger partial charge in [0.2, 0.25) is 0 Å². The molecule has 3 saturated carbocycles. The first-order valence-corrected chi connectivity index (χ1v) is 13.1. The summed E-state index contributed by atoms with van der Waals surface area (Å²) in [5.41, 5.74) is 5.79. The van der Waals surface area contributed by atoms with Crippen molar-refractivity contribution in [1.29, 1.82) is 0 Å². The third-order valence-corrected chi connectivity index (χ3v) is 11.3. The molecule has 5 aliphatic rings. The van der Waals surface area contributed by atoms with E-state index in [0.29, 0.717) is 34.7 Å². The van der Waals surface area contributed by atoms with Crippen molar-refractivity contribution in [3.8, 4) is 0 Å². The van der Waals surface area contributed by atoms with Gasteiger partial charge >= 0.3 is 0 Å². The van der Waals surface area contributed by atoms with Crippen molar-refractivity contribution in [2.45, 2.75) is 72.1 Å². The van der Waals surface area contributed by atoms with Gasteiger partial charge in [-0.25, -0.2) is 0 Å². The van der Waals surface area contributed by atoms with Crippen molar-refractivity contribution in [3.05, 3.63) is 60.0 Å². The van der Waals surface area contributed by atoms with E-state index >= 15 is 0 Å². The van der Waals surface area contributed by atoms with Gasteiger partial charge in [-0.3, -0.25) is 0 Å². The van der Waals surface area contributed by atoms with Gasteiger partial charge < -0.3 is 10.1 Å². The zero-order chi connectivity index (χ0) is 22.4. The minimum absolute atomic E-state index is 0.289. The first-order valence-electron chi connectivity index (χ1n) is 13.1. The molecule has 0 amide bonds. The molecule has 2 heteroatoms. The molecule has 0 radical (unpaired) electrons. The second-order valence-electron chi connectivity index (χ2n) is 12.8. The normalized spacial score (nSPS) is 44.2. The minimum atomic E-state index is 0.289. The largest absolute Gasteiger partial charge is 0.396 e. The number of aliphatic hydroxyl groups is 1. The van der Waals surface area contributed by atoms with Crippen molar-refractivity contribution in [3.63, 3.8) is 0 Å². The molecule has 5 aliphatic carbocycles. The van der Waals surface area contributed by atoms with Gasteiger partial charge in [-0.15, -0.1) is 0 Å². The SMILES string of the molecule is C=C1C=C2[C@]3(CC[C@H](C[C@H](CO)Cc4cc[nH]c4)C3)CC[C@@H]3CC=C[C@@]4([C@@H]1C4(C)C)[C@@]23C. The Kier molecular flexibility index (Phi) is 4.43. The van der Waals surface area contributed by atoms with Crippen LogP contribution in [0.2, 0.25) is 0 Å². The van der Waals surface area contributed by atoms with Crippen LogP contribution in [-0.4, -0.2) is 16.7 Å². The Hall–Kier alpha value is -1.54. The van der Waals surface area contributed by atoms with Crippen LogP contribution < -0.4 is 0 Å². The molecule has 3 fully saturated rings. The molecule has 1 aromatic rings. The average Bonchev–Trinajstić information content (AvgIpc) is 3.17. The lowest BCUT2D eigenvalue weighted by Gasteiger charge is -2.60. The molecular weight excluding hydrogens is 390 g/mol. The van der Waals surface area contributed by atoms with Crippen molar-refractivity contribution in [2.75, 3.05) is 6.61 Å². The van der Waals surface area contributed by atoms with E-state index < -0.39 is 0 Å². The summed E-state index contributed by atoms with van der Waals surface area (Å²) in [6.07, 6.45) is 22.0. The van der Waals surface area contributed by atoms with Crippen LogP contribution >= 0.6 is 0 Å². The smallest absolute Gasteiger partial charge is 0.0462 e. The van der Waals surface area contributed by atoms with E-state index in [0.717, 1.165) is 24.7 Å². The van der Waals surface area contributed by atoms with Gasteiger partial charge in [-0.1, -0.05) is 56.7 Å². The zero-order valence-corrected chi connectivity index (χ0v) is 20.3. The Morgan fingerprint density at radius 3 is 2.78 bits per heavy atom. The van der Waals surface area contributed by atoms with Crippen molar-refractivity contribution in [1.82, 2.24) is 4.98 Å². The van der Waals surface area contributed by atoms with E-state index in [4.69, 9.17) is 0 Å². The molecule has 0 aliphatic heterocycles. The molecule has 1 aromatic heterocycles. The average molecular weight is 432 g/mol. The highest BCUT2D eigenvalue weighted by molar-refractivity contribution is 5.55. The maximum Gasteiger partial charge on any atom is 0.0462 e. The van der Waals surface area contributed by atoms with Gasteiger partial charge in [0.05, 0.1) is 0 Å². The van der Waals surface area contributed by atoms with E-state index in [1.54, 1.807) is 5.57 Å². The van der Waals surface area contributed by atoms with Crippen molar-refractivity contribution >= 4 is 0 Å². The summed E-state index contributed by atoms with van der Waals surface area (Å²) < 4.78 is 0. The van der Waals surface area contributed by atoms with Crippen molar-refractivity contribution < 1.29 is 5.11 Å². The van der Waals surface area contributed by atoms with Crippen LogP contribution in [0.5, 0.6) is 0 Å². The summed E-state index contributed by atoms with van der Waals surface area (Å²) in [4.78, 5) is 3.17. The molecule has 2 N–H and O–H groups in total. The minimum Gasteiger partial charge on any atom is -0.396 e. The molecule has 0 aromatic carbocycles. The van der Waals surface area contributed by atoms with Crippen LogP contribution in [-0.2, 0) is 6.42 Å². The maximum atomic E-state index is 10.1. The molecule has 0 unspecified atom stereocenters. The van der Waals surface area contributed by atoms with Crippen molar-refractivity contribution in [2.24, 2.45) is 45.3 Å². The first-order chi connectivity index (χ1) is 15.3. The van der Waals surface area contributed by atoms with Gasteiger partial charge in [0.25, 0.3) is 0 Å². The second-order valence-corrected chi connectivity index (χ2v) is 12.8. The lowest BCUT2D eigenvalue weighted by Crippen LogP contribution is -2.51. The lowest BCUT2D eigenvalue weighted by atomic mass is 9.44. The molecule has 1 heterocycles. The zero-order valence-electron chi connectivity index (χ0n) is 20.3. The van der Waals surface area contributed by atoms with Crippen LogP contribution in [0.1, 0.15) is 71.3 Å². The maximum absolute atomic E-state index is 10.1. The van der Waals surface area contributed by atoms with Crippen LogP contribution in [0.25, 0.3) is 0 Å². The number of fused-ring (bicyclic) bond motifs is 1. The number of nitrogens with one attached hydrogen (secondary N) is 1. The molecule has 7 atom stereocenters.